The topological polar surface area (TPSA) is 32.3 Å². The van der Waals surface area contributed by atoms with Crippen LogP contribution in [0.1, 0.15) is 29.1 Å². The van der Waals surface area contributed by atoms with Crippen molar-refractivity contribution in [2.75, 3.05) is 20.1 Å². The third-order valence-electron chi connectivity index (χ3n) is 2.30. The first-order valence-electron chi connectivity index (χ1n) is 5.24. The van der Waals surface area contributed by atoms with Gasteiger partial charge < -0.3 is 10.2 Å². The van der Waals surface area contributed by atoms with Crippen LogP contribution in [-0.4, -0.2) is 30.9 Å². The van der Waals surface area contributed by atoms with E-state index in [-0.39, 0.29) is 5.91 Å². The van der Waals surface area contributed by atoms with E-state index >= 15 is 0 Å². The number of carbonyl (C=O) groups excluding carboxylic acids is 1. The van der Waals surface area contributed by atoms with E-state index in [4.69, 9.17) is 0 Å². The fraction of sp³-hybridized carbons (Fsp3) is 0.545. The molecular formula is C11H18N2OS. The molecule has 1 rings (SSSR count). The second kappa shape index (κ2) is 5.88. The van der Waals surface area contributed by atoms with Gasteiger partial charge in [0.05, 0.1) is 4.88 Å². The summed E-state index contributed by atoms with van der Waals surface area (Å²) >= 11 is 1.53. The summed E-state index contributed by atoms with van der Waals surface area (Å²) in [4.78, 5) is 14.6. The molecule has 1 aromatic heterocycles. The van der Waals surface area contributed by atoms with Gasteiger partial charge in [-0.05, 0) is 37.9 Å². The maximum absolute atomic E-state index is 11.9. The van der Waals surface area contributed by atoms with Gasteiger partial charge >= 0.3 is 0 Å². The lowest BCUT2D eigenvalue weighted by Gasteiger charge is -2.17. The fourth-order valence-corrected chi connectivity index (χ4v) is 2.33. The van der Waals surface area contributed by atoms with Crippen molar-refractivity contribution in [3.8, 4) is 0 Å². The predicted molar refractivity (Wildman–Crippen MR) is 64.3 cm³/mol. The standard InChI is InChI=1S/C11H18N2OS/c1-4-13(5-2)11(14)10-6-9(7-12-3)8-15-10/h6,8,12H,4-5,7H2,1-3H3. The van der Waals surface area contributed by atoms with Crippen molar-refractivity contribution in [3.05, 3.63) is 21.9 Å². The molecule has 0 aliphatic heterocycles. The smallest absolute Gasteiger partial charge is 0.263 e. The summed E-state index contributed by atoms with van der Waals surface area (Å²) in [6, 6.07) is 1.97. The molecular weight excluding hydrogens is 208 g/mol. The van der Waals surface area contributed by atoms with Gasteiger partial charge in [-0.15, -0.1) is 11.3 Å². The lowest BCUT2D eigenvalue weighted by atomic mass is 10.3. The molecule has 0 aromatic carbocycles. The van der Waals surface area contributed by atoms with Crippen LogP contribution in [0.4, 0.5) is 0 Å². The summed E-state index contributed by atoms with van der Waals surface area (Å²) in [5.41, 5.74) is 1.18. The zero-order valence-corrected chi connectivity index (χ0v) is 10.4. The van der Waals surface area contributed by atoms with Gasteiger partial charge in [0.2, 0.25) is 0 Å². The van der Waals surface area contributed by atoms with Gasteiger partial charge in [-0.3, -0.25) is 4.79 Å². The highest BCUT2D eigenvalue weighted by atomic mass is 32.1. The number of thiophene rings is 1. The minimum atomic E-state index is 0.146. The van der Waals surface area contributed by atoms with Crippen LogP contribution in [-0.2, 0) is 6.54 Å². The van der Waals surface area contributed by atoms with Crippen LogP contribution in [0.2, 0.25) is 0 Å². The quantitative estimate of drug-likeness (QED) is 0.832. The first-order chi connectivity index (χ1) is 7.22. The van der Waals surface area contributed by atoms with Crippen LogP contribution < -0.4 is 5.32 Å². The van der Waals surface area contributed by atoms with Crippen LogP contribution in [0.15, 0.2) is 11.4 Å². The first kappa shape index (κ1) is 12.2. The van der Waals surface area contributed by atoms with Crippen LogP contribution in [0.3, 0.4) is 0 Å². The molecule has 1 aromatic rings. The van der Waals surface area contributed by atoms with Gasteiger partial charge in [-0.1, -0.05) is 0 Å². The van der Waals surface area contributed by atoms with Gasteiger partial charge in [0.15, 0.2) is 0 Å². The molecule has 15 heavy (non-hydrogen) atoms. The van der Waals surface area contributed by atoms with Crippen molar-refractivity contribution in [2.24, 2.45) is 0 Å². The minimum absolute atomic E-state index is 0.146. The molecule has 0 atom stereocenters. The second-order valence-electron chi connectivity index (χ2n) is 3.33. The third kappa shape index (κ3) is 3.04. The number of rotatable bonds is 5. The number of hydrogen-bond donors (Lipinski definition) is 1. The second-order valence-corrected chi connectivity index (χ2v) is 4.24. The van der Waals surface area contributed by atoms with E-state index in [0.717, 1.165) is 24.5 Å². The number of carbonyl (C=O) groups is 1. The summed E-state index contributed by atoms with van der Waals surface area (Å²) in [7, 11) is 1.91. The van der Waals surface area contributed by atoms with Crippen molar-refractivity contribution in [3.63, 3.8) is 0 Å². The zero-order chi connectivity index (χ0) is 11.3. The van der Waals surface area contributed by atoms with Crippen LogP contribution in [0, 0.1) is 0 Å². The highest BCUT2D eigenvalue weighted by Gasteiger charge is 2.14. The van der Waals surface area contributed by atoms with Gasteiger partial charge in [0.1, 0.15) is 0 Å². The fourth-order valence-electron chi connectivity index (χ4n) is 1.45. The largest absolute Gasteiger partial charge is 0.339 e. The lowest BCUT2D eigenvalue weighted by Crippen LogP contribution is -2.29. The summed E-state index contributed by atoms with van der Waals surface area (Å²) in [6.07, 6.45) is 0. The molecule has 0 bridgehead atoms. The van der Waals surface area contributed by atoms with Gasteiger partial charge in [0.25, 0.3) is 5.91 Å². The molecule has 3 nitrogen and oxygen atoms in total. The van der Waals surface area contributed by atoms with E-state index in [1.807, 2.05) is 37.2 Å². The summed E-state index contributed by atoms with van der Waals surface area (Å²) in [5.74, 6) is 0.146. The van der Waals surface area contributed by atoms with E-state index in [2.05, 4.69) is 5.32 Å². The first-order valence-corrected chi connectivity index (χ1v) is 6.12. The summed E-state index contributed by atoms with van der Waals surface area (Å²) in [5, 5.41) is 5.11. The van der Waals surface area contributed by atoms with Crippen molar-refractivity contribution >= 4 is 17.2 Å². The van der Waals surface area contributed by atoms with Gasteiger partial charge in [-0.25, -0.2) is 0 Å². The lowest BCUT2D eigenvalue weighted by molar-refractivity contribution is 0.0778. The van der Waals surface area contributed by atoms with Gasteiger partial charge in [0, 0.05) is 19.6 Å². The van der Waals surface area contributed by atoms with E-state index in [1.165, 1.54) is 16.9 Å². The number of nitrogens with zero attached hydrogens (tertiary/aromatic N) is 1. The molecule has 0 saturated heterocycles. The Balaban J connectivity index is 2.73. The zero-order valence-electron chi connectivity index (χ0n) is 9.54. The Morgan fingerprint density at radius 1 is 1.47 bits per heavy atom. The van der Waals surface area contributed by atoms with E-state index in [0.29, 0.717) is 0 Å². The van der Waals surface area contributed by atoms with E-state index in [1.54, 1.807) is 0 Å². The molecule has 0 aliphatic carbocycles. The average Bonchev–Trinajstić information content (AvgIpc) is 2.68. The maximum Gasteiger partial charge on any atom is 0.263 e. The van der Waals surface area contributed by atoms with Crippen molar-refractivity contribution < 1.29 is 4.79 Å². The Bertz CT molecular complexity index is 318. The Morgan fingerprint density at radius 2 is 2.13 bits per heavy atom. The Morgan fingerprint density at radius 3 is 2.67 bits per heavy atom. The molecule has 4 heteroatoms. The molecule has 0 unspecified atom stereocenters. The van der Waals surface area contributed by atoms with Crippen LogP contribution in [0.25, 0.3) is 0 Å². The maximum atomic E-state index is 11.9. The molecule has 84 valence electrons. The molecule has 0 radical (unpaired) electrons. The van der Waals surface area contributed by atoms with Crippen molar-refractivity contribution in [1.29, 1.82) is 0 Å². The molecule has 0 spiro atoms. The summed E-state index contributed by atoms with van der Waals surface area (Å²) < 4.78 is 0. The minimum Gasteiger partial charge on any atom is -0.339 e. The highest BCUT2D eigenvalue weighted by Crippen LogP contribution is 2.16. The van der Waals surface area contributed by atoms with Crippen LogP contribution in [0.5, 0.6) is 0 Å². The SMILES string of the molecule is CCN(CC)C(=O)c1cc(CNC)cs1. The number of nitrogens with one attached hydrogen (secondary N) is 1. The van der Waals surface area contributed by atoms with Crippen LogP contribution >= 0.6 is 11.3 Å². The molecule has 0 aliphatic rings. The third-order valence-corrected chi connectivity index (χ3v) is 3.26. The Kier molecular flexibility index (Phi) is 4.78. The highest BCUT2D eigenvalue weighted by molar-refractivity contribution is 7.12. The molecule has 0 fully saturated rings. The van der Waals surface area contributed by atoms with E-state index in [9.17, 15) is 4.79 Å². The molecule has 1 heterocycles. The Hall–Kier alpha value is -0.870. The molecule has 1 amide bonds. The van der Waals surface area contributed by atoms with Gasteiger partial charge in [-0.2, -0.15) is 0 Å². The number of amides is 1. The monoisotopic (exact) mass is 226 g/mol. The normalized spacial score (nSPS) is 10.3. The number of hydrogen-bond acceptors (Lipinski definition) is 3. The van der Waals surface area contributed by atoms with Crippen molar-refractivity contribution in [1.82, 2.24) is 10.2 Å². The average molecular weight is 226 g/mol. The predicted octanol–water partition coefficient (Wildman–Crippen LogP) is 1.95. The Labute approximate surface area is 95.1 Å². The molecule has 1 N–H and O–H groups in total. The summed E-state index contributed by atoms with van der Waals surface area (Å²) in [6.45, 7) is 6.37. The van der Waals surface area contributed by atoms with E-state index < -0.39 is 0 Å². The van der Waals surface area contributed by atoms with Crippen molar-refractivity contribution in [2.45, 2.75) is 20.4 Å². The molecule has 0 saturated carbocycles.